The number of rotatable bonds is 1. The van der Waals surface area contributed by atoms with Gasteiger partial charge in [-0.1, -0.05) is 0 Å². The third-order valence-corrected chi connectivity index (χ3v) is 2.36. The number of hydrogen-bond acceptors (Lipinski definition) is 3. The van der Waals surface area contributed by atoms with E-state index in [1.165, 1.54) is 6.07 Å². The highest BCUT2D eigenvalue weighted by atomic mass is 79.9. The molecule has 0 fully saturated rings. The Balaban J connectivity index is 3.23. The fourth-order valence-corrected chi connectivity index (χ4v) is 1.56. The average molecular weight is 245 g/mol. The van der Waals surface area contributed by atoms with Crippen molar-refractivity contribution in [2.24, 2.45) is 0 Å². The molecule has 5 heteroatoms. The summed E-state index contributed by atoms with van der Waals surface area (Å²) in [4.78, 5) is 11.1. The first-order valence-corrected chi connectivity index (χ1v) is 4.35. The first-order chi connectivity index (χ1) is 6.06. The van der Waals surface area contributed by atoms with E-state index >= 15 is 0 Å². The number of anilines is 1. The summed E-state index contributed by atoms with van der Waals surface area (Å²) in [7, 11) is 0. The molecule has 4 N–H and O–H groups in total. The zero-order chi connectivity index (χ0) is 10.0. The van der Waals surface area contributed by atoms with E-state index in [-0.39, 0.29) is 0 Å². The molecule has 0 saturated carbocycles. The normalized spacial score (nSPS) is 9.77. The molecule has 0 saturated heterocycles. The van der Waals surface area contributed by atoms with Crippen molar-refractivity contribution in [1.82, 2.24) is 5.48 Å². The van der Waals surface area contributed by atoms with E-state index in [1.807, 2.05) is 6.92 Å². The van der Waals surface area contributed by atoms with Gasteiger partial charge < -0.3 is 5.73 Å². The van der Waals surface area contributed by atoms with Gasteiger partial charge in [0.1, 0.15) is 0 Å². The lowest BCUT2D eigenvalue weighted by molar-refractivity contribution is 0.0705. The highest BCUT2D eigenvalue weighted by Gasteiger charge is 2.10. The molecule has 0 aliphatic carbocycles. The molecule has 0 aliphatic rings. The van der Waals surface area contributed by atoms with Gasteiger partial charge in [0.05, 0.1) is 5.56 Å². The number of halogens is 1. The van der Waals surface area contributed by atoms with Crippen molar-refractivity contribution in [1.29, 1.82) is 0 Å². The van der Waals surface area contributed by atoms with E-state index < -0.39 is 5.91 Å². The molecule has 1 aromatic rings. The Morgan fingerprint density at radius 1 is 1.62 bits per heavy atom. The minimum absolute atomic E-state index is 0.311. The predicted octanol–water partition coefficient (Wildman–Crippen LogP) is 1.46. The van der Waals surface area contributed by atoms with Gasteiger partial charge in [-0.2, -0.15) is 0 Å². The van der Waals surface area contributed by atoms with Crippen molar-refractivity contribution in [3.63, 3.8) is 0 Å². The predicted molar refractivity (Wildman–Crippen MR) is 52.5 cm³/mol. The van der Waals surface area contributed by atoms with Crippen LogP contribution in [0.4, 0.5) is 5.69 Å². The number of hydrogen-bond donors (Lipinski definition) is 3. The minimum Gasteiger partial charge on any atom is -0.398 e. The van der Waals surface area contributed by atoms with Crippen LogP contribution in [0.15, 0.2) is 16.6 Å². The molecule has 0 radical (unpaired) electrons. The first-order valence-electron chi connectivity index (χ1n) is 3.56. The molecule has 0 atom stereocenters. The summed E-state index contributed by atoms with van der Waals surface area (Å²) >= 11 is 3.20. The van der Waals surface area contributed by atoms with Crippen molar-refractivity contribution >= 4 is 27.5 Å². The van der Waals surface area contributed by atoms with Crippen molar-refractivity contribution in [2.45, 2.75) is 6.92 Å². The number of nitrogens with two attached hydrogens (primary N) is 1. The van der Waals surface area contributed by atoms with Crippen LogP contribution in [0.5, 0.6) is 0 Å². The van der Waals surface area contributed by atoms with E-state index in [2.05, 4.69) is 15.9 Å². The van der Waals surface area contributed by atoms with Crippen molar-refractivity contribution in [2.75, 3.05) is 5.73 Å². The molecule has 1 aromatic carbocycles. The van der Waals surface area contributed by atoms with E-state index in [0.29, 0.717) is 15.7 Å². The molecule has 4 nitrogen and oxygen atoms in total. The van der Waals surface area contributed by atoms with Gasteiger partial charge in [0.15, 0.2) is 0 Å². The maximum absolute atomic E-state index is 11.1. The maximum atomic E-state index is 11.1. The number of aryl methyl sites for hydroxylation is 1. The third-order valence-electron chi connectivity index (χ3n) is 1.70. The smallest absolute Gasteiger partial charge is 0.275 e. The van der Waals surface area contributed by atoms with Crippen LogP contribution < -0.4 is 11.2 Å². The molecular formula is C8H9BrN2O2. The van der Waals surface area contributed by atoms with Crippen molar-refractivity contribution in [3.05, 3.63) is 27.7 Å². The number of benzene rings is 1. The van der Waals surface area contributed by atoms with Gasteiger partial charge in [-0.15, -0.1) is 0 Å². The summed E-state index contributed by atoms with van der Waals surface area (Å²) in [6, 6.07) is 3.23. The van der Waals surface area contributed by atoms with Crippen LogP contribution in [0.1, 0.15) is 15.9 Å². The highest BCUT2D eigenvalue weighted by molar-refractivity contribution is 9.10. The summed E-state index contributed by atoms with van der Waals surface area (Å²) in [6.07, 6.45) is 0. The summed E-state index contributed by atoms with van der Waals surface area (Å²) in [5.74, 6) is -0.585. The van der Waals surface area contributed by atoms with Crippen LogP contribution in [-0.4, -0.2) is 11.1 Å². The summed E-state index contributed by atoms with van der Waals surface area (Å²) in [5.41, 5.74) is 8.85. The number of hydroxylamine groups is 1. The van der Waals surface area contributed by atoms with Gasteiger partial charge in [0.2, 0.25) is 0 Å². The third kappa shape index (κ3) is 1.99. The second-order valence-electron chi connectivity index (χ2n) is 2.63. The lowest BCUT2D eigenvalue weighted by Gasteiger charge is -2.05. The number of nitrogens with one attached hydrogen (secondary N) is 1. The van der Waals surface area contributed by atoms with Crippen LogP contribution in [-0.2, 0) is 0 Å². The van der Waals surface area contributed by atoms with Crippen LogP contribution in [0.2, 0.25) is 0 Å². The molecule has 0 bridgehead atoms. The molecule has 70 valence electrons. The van der Waals surface area contributed by atoms with Gasteiger partial charge in [0.25, 0.3) is 5.91 Å². The molecule has 0 aliphatic heterocycles. The molecule has 13 heavy (non-hydrogen) atoms. The molecule has 0 spiro atoms. The lowest BCUT2D eigenvalue weighted by atomic mass is 10.1. The van der Waals surface area contributed by atoms with Crippen molar-refractivity contribution in [3.8, 4) is 0 Å². The fourth-order valence-electron chi connectivity index (χ4n) is 0.924. The number of amides is 1. The molecular weight excluding hydrogens is 236 g/mol. The summed E-state index contributed by atoms with van der Waals surface area (Å²) in [6.45, 7) is 1.83. The fraction of sp³-hybridized carbons (Fsp3) is 0.125. The minimum atomic E-state index is -0.585. The van der Waals surface area contributed by atoms with E-state index in [0.717, 1.165) is 5.56 Å². The van der Waals surface area contributed by atoms with Gasteiger partial charge in [-0.05, 0) is 40.5 Å². The van der Waals surface area contributed by atoms with E-state index in [9.17, 15) is 4.79 Å². The monoisotopic (exact) mass is 244 g/mol. The van der Waals surface area contributed by atoms with Crippen LogP contribution in [0.25, 0.3) is 0 Å². The molecule has 0 aromatic heterocycles. The topological polar surface area (TPSA) is 75.3 Å². The Labute approximate surface area is 83.8 Å². The first kappa shape index (κ1) is 10.0. The zero-order valence-electron chi connectivity index (χ0n) is 6.97. The second-order valence-corrected chi connectivity index (χ2v) is 3.48. The standard InChI is InChI=1S/C8H9BrN2O2/c1-4-2-6(9)5(3-7(4)10)8(12)11-13/h2-3,13H,10H2,1H3,(H,11,12). The maximum Gasteiger partial charge on any atom is 0.275 e. The van der Waals surface area contributed by atoms with Gasteiger partial charge >= 0.3 is 0 Å². The Morgan fingerprint density at radius 2 is 2.23 bits per heavy atom. The van der Waals surface area contributed by atoms with Crippen LogP contribution in [0.3, 0.4) is 0 Å². The quantitative estimate of drug-likeness (QED) is 0.398. The Kier molecular flexibility index (Phi) is 2.90. The van der Waals surface area contributed by atoms with Gasteiger partial charge in [-0.3, -0.25) is 10.0 Å². The highest BCUT2D eigenvalue weighted by Crippen LogP contribution is 2.22. The second kappa shape index (κ2) is 3.76. The molecule has 1 rings (SSSR count). The summed E-state index contributed by atoms with van der Waals surface area (Å²) < 4.78 is 0.603. The van der Waals surface area contributed by atoms with Gasteiger partial charge in [0, 0.05) is 10.2 Å². The zero-order valence-corrected chi connectivity index (χ0v) is 8.55. The Morgan fingerprint density at radius 3 is 2.77 bits per heavy atom. The SMILES string of the molecule is Cc1cc(Br)c(C(=O)NO)cc1N. The van der Waals surface area contributed by atoms with Crippen LogP contribution in [0, 0.1) is 6.92 Å². The number of carbonyl (C=O) groups excluding carboxylic acids is 1. The molecule has 0 heterocycles. The van der Waals surface area contributed by atoms with E-state index in [1.54, 1.807) is 11.5 Å². The number of carbonyl (C=O) groups is 1. The largest absolute Gasteiger partial charge is 0.398 e. The summed E-state index contributed by atoms with van der Waals surface area (Å²) in [5, 5.41) is 8.41. The van der Waals surface area contributed by atoms with Crippen LogP contribution >= 0.6 is 15.9 Å². The van der Waals surface area contributed by atoms with Crippen molar-refractivity contribution < 1.29 is 10.0 Å². The lowest BCUT2D eigenvalue weighted by Crippen LogP contribution is -2.19. The molecule has 1 amide bonds. The Hall–Kier alpha value is -1.07. The Bertz CT molecular complexity index is 352. The number of nitrogen functional groups attached to an aromatic ring is 1. The molecule has 0 unspecified atom stereocenters. The van der Waals surface area contributed by atoms with Gasteiger partial charge in [-0.25, -0.2) is 5.48 Å². The van der Waals surface area contributed by atoms with E-state index in [4.69, 9.17) is 10.9 Å². The average Bonchev–Trinajstić information content (AvgIpc) is 2.10.